The first kappa shape index (κ1) is 25.1. The molecule has 2 aliphatic carbocycles. The molecule has 6 rings (SSSR count). The molecule has 4 N–H and O–H groups in total. The van der Waals surface area contributed by atoms with Crippen molar-refractivity contribution in [3.8, 4) is 17.0 Å². The zero-order valence-corrected chi connectivity index (χ0v) is 22.6. The summed E-state index contributed by atoms with van der Waals surface area (Å²) in [5.74, 6) is 8.23. The van der Waals surface area contributed by atoms with Crippen LogP contribution in [0.25, 0.3) is 11.3 Å². The largest absolute Gasteiger partial charge is 0.489 e. The lowest BCUT2D eigenvalue weighted by Gasteiger charge is -2.11. The molecule has 3 aromatic carbocycles. The Bertz CT molecular complexity index is 1510. The summed E-state index contributed by atoms with van der Waals surface area (Å²) in [5.41, 5.74) is 11.1. The number of halogens is 3. The highest BCUT2D eigenvalue weighted by Gasteiger charge is 2.40. The van der Waals surface area contributed by atoms with E-state index in [9.17, 15) is 0 Å². The number of amidine groups is 1. The minimum atomic E-state index is 0.273. The van der Waals surface area contributed by atoms with Gasteiger partial charge in [0.25, 0.3) is 0 Å². The van der Waals surface area contributed by atoms with Gasteiger partial charge in [-0.1, -0.05) is 76.4 Å². The van der Waals surface area contributed by atoms with Crippen molar-refractivity contribution in [2.24, 2.45) is 16.7 Å². The van der Waals surface area contributed by atoms with E-state index in [0.717, 1.165) is 41.7 Å². The molecule has 1 aromatic heterocycles. The molecule has 9 heteroatoms. The number of hydrogen-bond donors (Lipinski definition) is 2. The van der Waals surface area contributed by atoms with Crippen LogP contribution in [0.15, 0.2) is 70.3 Å². The number of nitrogens with two attached hydrogens (primary N) is 2. The van der Waals surface area contributed by atoms with Crippen molar-refractivity contribution < 1.29 is 9.26 Å². The topological polar surface area (TPSA) is 99.7 Å². The van der Waals surface area contributed by atoms with Gasteiger partial charge in [0.1, 0.15) is 29.6 Å². The van der Waals surface area contributed by atoms with Gasteiger partial charge in [0.05, 0.1) is 15.6 Å². The highest BCUT2D eigenvalue weighted by molar-refractivity contribution is 6.39. The van der Waals surface area contributed by atoms with Gasteiger partial charge in [-0.05, 0) is 66.5 Å². The van der Waals surface area contributed by atoms with Gasteiger partial charge >= 0.3 is 0 Å². The van der Waals surface area contributed by atoms with E-state index in [2.05, 4.69) is 28.5 Å². The fraction of sp³-hybridized carbons (Fsp3) is 0.241. The Labute approximate surface area is 235 Å². The fourth-order valence-electron chi connectivity index (χ4n) is 4.98. The molecule has 38 heavy (non-hydrogen) atoms. The van der Waals surface area contributed by atoms with Crippen LogP contribution in [-0.2, 0) is 6.61 Å². The first-order chi connectivity index (χ1) is 18.4. The van der Waals surface area contributed by atoms with Crippen LogP contribution >= 0.6 is 34.8 Å². The lowest BCUT2D eigenvalue weighted by Crippen LogP contribution is -2.15. The van der Waals surface area contributed by atoms with Crippen LogP contribution in [0.1, 0.15) is 65.0 Å². The summed E-state index contributed by atoms with van der Waals surface area (Å²) in [6, 6.07) is 19.3. The van der Waals surface area contributed by atoms with Crippen LogP contribution in [0.4, 0.5) is 0 Å². The summed E-state index contributed by atoms with van der Waals surface area (Å²) in [6.07, 6.45) is 3.17. The molecule has 2 saturated carbocycles. The monoisotopic (exact) mass is 566 g/mol. The molecule has 0 saturated heterocycles. The smallest absolute Gasteiger partial charge is 0.150 e. The number of aromatic nitrogens is 1. The van der Waals surface area contributed by atoms with Gasteiger partial charge in [0.15, 0.2) is 0 Å². The van der Waals surface area contributed by atoms with Crippen LogP contribution < -0.4 is 16.3 Å². The molecule has 4 aromatic rings. The first-order valence-electron chi connectivity index (χ1n) is 12.4. The Balaban J connectivity index is 1.18. The quantitative estimate of drug-likeness (QED) is 0.0988. The van der Waals surface area contributed by atoms with Crippen LogP contribution in [0, 0.1) is 0 Å². The van der Waals surface area contributed by atoms with Crippen molar-refractivity contribution in [3.05, 3.63) is 104 Å². The molecular formula is C29H25Cl3N4O2. The second-order valence-electron chi connectivity index (χ2n) is 9.80. The number of hydrazone groups is 1. The molecule has 2 fully saturated rings. The van der Waals surface area contributed by atoms with Crippen molar-refractivity contribution in [2.45, 2.75) is 43.6 Å². The van der Waals surface area contributed by atoms with Crippen LogP contribution in [-0.4, -0.2) is 11.0 Å². The standard InChI is InChI=1S/C29H25Cl3N4O2/c30-23-2-1-3-24(31)26(23)27-22(28(38-36-27)16-6-7-16)14-37-18-10-11-19(25(32)12-18)21-13-20(21)15-4-8-17(9-5-15)29(33)35-34/h1-5,8-12,16,20-21H,6-7,13-14,34H2,(H2,33,35). The van der Waals surface area contributed by atoms with Gasteiger partial charge in [-0.3, -0.25) is 0 Å². The Morgan fingerprint density at radius 3 is 2.37 bits per heavy atom. The molecular weight excluding hydrogens is 543 g/mol. The SMILES string of the molecule is N/N=C(\N)c1ccc(C2CC2c2ccc(OCc3c(-c4c(Cl)cccc4Cl)noc3C3CC3)cc2Cl)cc1. The van der Waals surface area contributed by atoms with E-state index in [1.54, 1.807) is 12.1 Å². The Morgan fingerprint density at radius 1 is 0.974 bits per heavy atom. The minimum Gasteiger partial charge on any atom is -0.489 e. The van der Waals surface area contributed by atoms with Crippen LogP contribution in [0.2, 0.25) is 15.1 Å². The molecule has 2 atom stereocenters. The van der Waals surface area contributed by atoms with E-state index in [1.807, 2.05) is 30.3 Å². The second kappa shape index (κ2) is 10.2. The van der Waals surface area contributed by atoms with Gasteiger partial charge in [0.2, 0.25) is 0 Å². The van der Waals surface area contributed by atoms with Gasteiger partial charge in [-0.2, -0.15) is 5.10 Å². The van der Waals surface area contributed by atoms with Crippen molar-refractivity contribution >= 4 is 40.6 Å². The number of benzene rings is 3. The van der Waals surface area contributed by atoms with Gasteiger partial charge < -0.3 is 20.8 Å². The lowest BCUT2D eigenvalue weighted by molar-refractivity contribution is 0.300. The Hall–Kier alpha value is -3.19. The highest BCUT2D eigenvalue weighted by atomic mass is 35.5. The Morgan fingerprint density at radius 2 is 1.71 bits per heavy atom. The fourth-order valence-corrected chi connectivity index (χ4v) is 5.87. The van der Waals surface area contributed by atoms with Gasteiger partial charge in [-0.25, -0.2) is 0 Å². The number of nitrogens with zero attached hydrogens (tertiary/aromatic N) is 2. The Kier molecular flexibility index (Phi) is 6.72. The van der Waals surface area contributed by atoms with E-state index in [1.165, 1.54) is 5.56 Å². The van der Waals surface area contributed by atoms with Crippen molar-refractivity contribution in [3.63, 3.8) is 0 Å². The molecule has 2 unspecified atom stereocenters. The average molecular weight is 568 g/mol. The third-order valence-corrected chi connectivity index (χ3v) is 8.24. The van der Waals surface area contributed by atoms with Crippen LogP contribution in [0.3, 0.4) is 0 Å². The molecule has 0 amide bonds. The van der Waals surface area contributed by atoms with Crippen LogP contribution in [0.5, 0.6) is 5.75 Å². The normalized spacial score (nSPS) is 19.0. The molecule has 1 heterocycles. The van der Waals surface area contributed by atoms with Crippen molar-refractivity contribution in [2.75, 3.05) is 0 Å². The van der Waals surface area contributed by atoms with E-state index in [-0.39, 0.29) is 6.61 Å². The first-order valence-corrected chi connectivity index (χ1v) is 13.6. The predicted molar refractivity (Wildman–Crippen MR) is 151 cm³/mol. The molecule has 0 spiro atoms. The summed E-state index contributed by atoms with van der Waals surface area (Å²) < 4.78 is 11.9. The summed E-state index contributed by atoms with van der Waals surface area (Å²) >= 11 is 19.7. The van der Waals surface area contributed by atoms with E-state index >= 15 is 0 Å². The maximum atomic E-state index is 6.73. The molecule has 194 valence electrons. The maximum Gasteiger partial charge on any atom is 0.150 e. The van der Waals surface area contributed by atoms with Gasteiger partial charge in [0, 0.05) is 22.1 Å². The van der Waals surface area contributed by atoms with E-state index in [0.29, 0.717) is 55.7 Å². The second-order valence-corrected chi connectivity index (χ2v) is 11.0. The minimum absolute atomic E-state index is 0.273. The average Bonchev–Trinajstić information content (AvgIpc) is 3.85. The zero-order valence-electron chi connectivity index (χ0n) is 20.3. The van der Waals surface area contributed by atoms with E-state index < -0.39 is 0 Å². The van der Waals surface area contributed by atoms with Crippen molar-refractivity contribution in [1.29, 1.82) is 0 Å². The number of hydrogen-bond acceptors (Lipinski definition) is 5. The molecule has 0 bridgehead atoms. The summed E-state index contributed by atoms with van der Waals surface area (Å²) in [6.45, 7) is 0.273. The third-order valence-electron chi connectivity index (χ3n) is 7.28. The predicted octanol–water partition coefficient (Wildman–Crippen LogP) is 7.61. The molecule has 0 aliphatic heterocycles. The number of ether oxygens (including phenoxy) is 1. The van der Waals surface area contributed by atoms with E-state index in [4.69, 9.17) is 55.6 Å². The maximum absolute atomic E-state index is 6.73. The lowest BCUT2D eigenvalue weighted by atomic mass is 10.0. The molecule has 2 aliphatic rings. The van der Waals surface area contributed by atoms with Gasteiger partial charge in [-0.15, -0.1) is 0 Å². The third kappa shape index (κ3) is 4.84. The highest BCUT2D eigenvalue weighted by Crippen LogP contribution is 2.56. The number of rotatable bonds is 8. The molecule has 0 radical (unpaired) electrons. The summed E-state index contributed by atoms with van der Waals surface area (Å²) in [5, 5.41) is 9.61. The van der Waals surface area contributed by atoms with Crippen molar-refractivity contribution in [1.82, 2.24) is 5.16 Å². The zero-order chi connectivity index (χ0) is 26.4. The summed E-state index contributed by atoms with van der Waals surface area (Å²) in [4.78, 5) is 0. The molecule has 6 nitrogen and oxygen atoms in total. The summed E-state index contributed by atoms with van der Waals surface area (Å²) in [7, 11) is 0.